The average Bonchev–Trinajstić information content (AvgIpc) is 2.75. The third-order valence-corrected chi connectivity index (χ3v) is 2.57. The van der Waals surface area contributed by atoms with Gasteiger partial charge in [0, 0.05) is 0 Å². The molecule has 0 aliphatic rings. The molecular weight excluding hydrogens is 264 g/mol. The Balaban J connectivity index is 2.24. The molecule has 1 N–H and O–H groups in total. The van der Waals surface area contributed by atoms with Crippen LogP contribution in [-0.2, 0) is 0 Å². The summed E-state index contributed by atoms with van der Waals surface area (Å²) in [7, 11) is 0. The monoisotopic (exact) mass is 267 g/mol. The van der Waals surface area contributed by atoms with Gasteiger partial charge in [-0.05, 0) is 6.07 Å². The van der Waals surface area contributed by atoms with E-state index in [-0.39, 0.29) is 11.0 Å². The first-order valence-corrected chi connectivity index (χ1v) is 5.21. The number of nitrogens with zero attached hydrogens (tertiary/aromatic N) is 4. The van der Waals surface area contributed by atoms with Crippen molar-refractivity contribution in [3.05, 3.63) is 35.2 Å². The van der Waals surface area contributed by atoms with Crippen molar-refractivity contribution in [1.29, 1.82) is 0 Å². The number of pyridine rings is 1. The minimum absolute atomic E-state index is 0.122. The Hall–Kier alpha value is -2.15. The van der Waals surface area contributed by atoms with Crippen molar-refractivity contribution in [2.75, 3.05) is 0 Å². The summed E-state index contributed by atoms with van der Waals surface area (Å²) in [6, 6.07) is 1.24. The molecule has 0 aliphatic carbocycles. The third kappa shape index (κ3) is 1.68. The van der Waals surface area contributed by atoms with Crippen LogP contribution < -0.4 is 0 Å². The normalized spacial score (nSPS) is 11.1. The zero-order chi connectivity index (χ0) is 12.7. The minimum atomic E-state index is -0.728. The van der Waals surface area contributed by atoms with E-state index in [4.69, 9.17) is 11.6 Å². The van der Waals surface area contributed by atoms with Crippen molar-refractivity contribution in [1.82, 2.24) is 25.1 Å². The smallest absolute Gasteiger partial charge is 0.181 e. The van der Waals surface area contributed by atoms with E-state index >= 15 is 0 Å². The fourth-order valence-electron chi connectivity index (χ4n) is 1.51. The first-order valence-electron chi connectivity index (χ1n) is 4.83. The summed E-state index contributed by atoms with van der Waals surface area (Å²) in [6.07, 6.45) is 1.98. The zero-order valence-corrected chi connectivity index (χ0v) is 9.41. The second kappa shape index (κ2) is 3.95. The maximum Gasteiger partial charge on any atom is 0.181 e. The van der Waals surface area contributed by atoms with Gasteiger partial charge in [-0.1, -0.05) is 11.6 Å². The van der Waals surface area contributed by atoms with Crippen molar-refractivity contribution < 1.29 is 8.78 Å². The maximum absolute atomic E-state index is 13.1. The van der Waals surface area contributed by atoms with Gasteiger partial charge in [-0.2, -0.15) is 5.10 Å². The molecule has 0 radical (unpaired) electrons. The average molecular weight is 268 g/mol. The fraction of sp³-hybridized carbons (Fsp3) is 0. The van der Waals surface area contributed by atoms with Crippen molar-refractivity contribution in [3.63, 3.8) is 0 Å². The molecule has 3 rings (SSSR count). The molecule has 0 amide bonds. The molecule has 8 heteroatoms. The highest BCUT2D eigenvalue weighted by Crippen LogP contribution is 2.24. The Kier molecular flexibility index (Phi) is 2.41. The largest absolute Gasteiger partial charge is 0.272 e. The lowest BCUT2D eigenvalue weighted by Gasteiger charge is -1.98. The highest BCUT2D eigenvalue weighted by atomic mass is 35.5. The Morgan fingerprint density at radius 1 is 1.17 bits per heavy atom. The van der Waals surface area contributed by atoms with Crippen LogP contribution >= 0.6 is 11.6 Å². The first-order chi connectivity index (χ1) is 8.65. The summed E-state index contributed by atoms with van der Waals surface area (Å²) in [6.45, 7) is 0. The number of fused-ring (bicyclic) bond motifs is 1. The summed E-state index contributed by atoms with van der Waals surface area (Å²) in [5.74, 6) is -1.12. The Labute approximate surface area is 104 Å². The van der Waals surface area contributed by atoms with E-state index in [9.17, 15) is 8.78 Å². The minimum Gasteiger partial charge on any atom is -0.272 e. The van der Waals surface area contributed by atoms with E-state index < -0.39 is 11.6 Å². The van der Waals surface area contributed by atoms with Crippen molar-refractivity contribution >= 4 is 22.6 Å². The number of aromatic nitrogens is 5. The Morgan fingerprint density at radius 3 is 2.78 bits per heavy atom. The third-order valence-electron chi connectivity index (χ3n) is 2.30. The molecule has 0 atom stereocenters. The number of aromatic amines is 1. The van der Waals surface area contributed by atoms with Gasteiger partial charge in [-0.15, -0.1) is 0 Å². The molecule has 0 spiro atoms. The lowest BCUT2D eigenvalue weighted by atomic mass is 10.2. The highest BCUT2D eigenvalue weighted by molar-refractivity contribution is 6.29. The SMILES string of the molecule is Fc1cnc2n[nH]c(-c3ncc(F)c(Cl)n3)c2c1. The van der Waals surface area contributed by atoms with Gasteiger partial charge in [0.15, 0.2) is 22.4 Å². The van der Waals surface area contributed by atoms with Crippen LogP contribution in [-0.4, -0.2) is 25.1 Å². The summed E-state index contributed by atoms with van der Waals surface area (Å²) in [5, 5.41) is 6.58. The number of H-pyrrole nitrogens is 1. The number of rotatable bonds is 1. The standard InChI is InChI=1S/C10H4ClF2N5/c11-8-6(13)3-15-10(16-8)7-5-1-4(12)2-14-9(5)18-17-7/h1-3H,(H,14,17,18). The van der Waals surface area contributed by atoms with Crippen molar-refractivity contribution in [2.45, 2.75) is 0 Å². The topological polar surface area (TPSA) is 67.3 Å². The molecule has 0 aromatic carbocycles. The molecule has 3 aromatic heterocycles. The fourth-order valence-corrected chi connectivity index (χ4v) is 1.64. The molecule has 18 heavy (non-hydrogen) atoms. The van der Waals surface area contributed by atoms with Gasteiger partial charge in [0.1, 0.15) is 11.5 Å². The lowest BCUT2D eigenvalue weighted by molar-refractivity contribution is 0.614. The summed E-state index contributed by atoms with van der Waals surface area (Å²) in [5.41, 5.74) is 0.648. The second-order valence-electron chi connectivity index (χ2n) is 3.46. The summed E-state index contributed by atoms with van der Waals surface area (Å²) >= 11 is 5.56. The van der Waals surface area contributed by atoms with Gasteiger partial charge in [0.05, 0.1) is 17.8 Å². The van der Waals surface area contributed by atoms with Crippen LogP contribution in [0.1, 0.15) is 0 Å². The molecule has 5 nitrogen and oxygen atoms in total. The molecule has 0 unspecified atom stereocenters. The van der Waals surface area contributed by atoms with Gasteiger partial charge >= 0.3 is 0 Å². The first kappa shape index (κ1) is 11.0. The molecule has 0 saturated carbocycles. The molecule has 0 saturated heterocycles. The quantitative estimate of drug-likeness (QED) is 0.687. The van der Waals surface area contributed by atoms with E-state index in [1.165, 1.54) is 6.07 Å². The van der Waals surface area contributed by atoms with Gasteiger partial charge in [-0.3, -0.25) is 5.10 Å². The number of hydrogen-bond acceptors (Lipinski definition) is 4. The highest BCUT2D eigenvalue weighted by Gasteiger charge is 2.13. The Morgan fingerprint density at radius 2 is 2.00 bits per heavy atom. The van der Waals surface area contributed by atoms with E-state index in [0.717, 1.165) is 12.4 Å². The predicted molar refractivity (Wildman–Crippen MR) is 59.8 cm³/mol. The van der Waals surface area contributed by atoms with Gasteiger partial charge in [0.25, 0.3) is 0 Å². The molecule has 0 bridgehead atoms. The lowest BCUT2D eigenvalue weighted by Crippen LogP contribution is -1.93. The zero-order valence-electron chi connectivity index (χ0n) is 8.65. The molecular formula is C10H4ClF2N5. The van der Waals surface area contributed by atoms with E-state index in [1.54, 1.807) is 0 Å². The van der Waals surface area contributed by atoms with Crippen LogP contribution in [0.2, 0.25) is 5.15 Å². The maximum atomic E-state index is 13.1. The molecule has 3 heterocycles. The molecule has 0 fully saturated rings. The van der Waals surface area contributed by atoms with Gasteiger partial charge in [0.2, 0.25) is 0 Å². The van der Waals surface area contributed by atoms with Crippen LogP contribution in [0.5, 0.6) is 0 Å². The van der Waals surface area contributed by atoms with Crippen molar-refractivity contribution in [2.24, 2.45) is 0 Å². The molecule has 90 valence electrons. The van der Waals surface area contributed by atoms with Crippen LogP contribution in [0.3, 0.4) is 0 Å². The van der Waals surface area contributed by atoms with E-state index in [1.807, 2.05) is 0 Å². The number of hydrogen-bond donors (Lipinski definition) is 1. The number of halogens is 3. The van der Waals surface area contributed by atoms with Crippen molar-refractivity contribution in [3.8, 4) is 11.5 Å². The Bertz CT molecular complexity index is 742. The second-order valence-corrected chi connectivity index (χ2v) is 3.81. The van der Waals surface area contributed by atoms with Gasteiger partial charge in [-0.25, -0.2) is 23.7 Å². The molecule has 3 aromatic rings. The van der Waals surface area contributed by atoms with E-state index in [2.05, 4.69) is 25.1 Å². The van der Waals surface area contributed by atoms with E-state index in [0.29, 0.717) is 16.7 Å². The number of nitrogens with one attached hydrogen (secondary N) is 1. The predicted octanol–water partition coefficient (Wildman–Crippen LogP) is 2.35. The van der Waals surface area contributed by atoms with Crippen LogP contribution in [0, 0.1) is 11.6 Å². The van der Waals surface area contributed by atoms with Crippen LogP contribution in [0.4, 0.5) is 8.78 Å². The molecule has 0 aliphatic heterocycles. The summed E-state index contributed by atoms with van der Waals surface area (Å²) < 4.78 is 26.1. The summed E-state index contributed by atoms with van der Waals surface area (Å²) in [4.78, 5) is 11.3. The van der Waals surface area contributed by atoms with Crippen LogP contribution in [0.25, 0.3) is 22.6 Å². The van der Waals surface area contributed by atoms with Crippen LogP contribution in [0.15, 0.2) is 18.5 Å². The van der Waals surface area contributed by atoms with Gasteiger partial charge < -0.3 is 0 Å².